The fourth-order valence-corrected chi connectivity index (χ4v) is 9.37. The number of fused-ring (bicyclic) bond motifs is 7. The molecule has 0 saturated carbocycles. The smallest absolute Gasteiger partial charge is 0.136 e. The van der Waals surface area contributed by atoms with Crippen LogP contribution in [0.1, 0.15) is 0 Å². The Balaban J connectivity index is 1.11. The molecule has 4 heteroatoms. The maximum atomic E-state index is 6.40. The van der Waals surface area contributed by atoms with Gasteiger partial charge in [-0.15, -0.1) is 0 Å². The highest BCUT2D eigenvalue weighted by Gasteiger charge is 2.22. The molecule has 268 valence electrons. The van der Waals surface area contributed by atoms with Gasteiger partial charge in [-0.2, -0.15) is 0 Å². The van der Waals surface area contributed by atoms with Crippen LogP contribution in [-0.2, 0) is 0 Å². The van der Waals surface area contributed by atoms with Crippen molar-refractivity contribution in [2.45, 2.75) is 0 Å². The van der Waals surface area contributed by atoms with Gasteiger partial charge < -0.3 is 8.83 Å². The van der Waals surface area contributed by atoms with Crippen molar-refractivity contribution in [1.29, 1.82) is 0 Å². The van der Waals surface area contributed by atoms with Gasteiger partial charge in [-0.1, -0.05) is 127 Å². The number of nitrogens with zero attached hydrogens (tertiary/aromatic N) is 2. The van der Waals surface area contributed by atoms with Crippen LogP contribution in [0.2, 0.25) is 0 Å². The van der Waals surface area contributed by atoms with E-state index in [0.717, 1.165) is 110 Å². The second kappa shape index (κ2) is 11.8. The van der Waals surface area contributed by atoms with Crippen molar-refractivity contribution in [2.24, 2.45) is 0 Å². The summed E-state index contributed by atoms with van der Waals surface area (Å²) in [5, 5.41) is 11.6. The highest BCUT2D eigenvalue weighted by molar-refractivity contribution is 6.30. The highest BCUT2D eigenvalue weighted by Crippen LogP contribution is 2.48. The summed E-state index contributed by atoms with van der Waals surface area (Å²) in [6.07, 6.45) is 0. The number of furan rings is 2. The third kappa shape index (κ3) is 4.51. The normalized spacial score (nSPS) is 12.1. The van der Waals surface area contributed by atoms with Crippen molar-refractivity contribution in [1.82, 2.24) is 9.97 Å². The lowest BCUT2D eigenvalue weighted by molar-refractivity contribution is 0.668. The SMILES string of the molecule is c1ccc(-c2nc3ccccc3nc2-c2cc3ccc(-c4ccc5c(c4)oc4ccccc45)c4ccc5c(-c6ccc7c(c6)oc6ccccc67)ccc2c5c34)cc1. The van der Waals surface area contributed by atoms with Crippen LogP contribution in [0.15, 0.2) is 191 Å². The van der Waals surface area contributed by atoms with Gasteiger partial charge in [0, 0.05) is 32.7 Å². The molecule has 58 heavy (non-hydrogen) atoms. The minimum Gasteiger partial charge on any atom is -0.456 e. The first-order valence-electron chi connectivity index (χ1n) is 19.6. The monoisotopic (exact) mass is 738 g/mol. The van der Waals surface area contributed by atoms with Crippen molar-refractivity contribution in [3.63, 3.8) is 0 Å². The first-order valence-corrected chi connectivity index (χ1v) is 19.6. The molecule has 4 nitrogen and oxygen atoms in total. The van der Waals surface area contributed by atoms with Gasteiger partial charge in [0.15, 0.2) is 0 Å². The third-order valence-corrected chi connectivity index (χ3v) is 12.0. The van der Waals surface area contributed by atoms with Crippen LogP contribution in [-0.4, -0.2) is 9.97 Å². The maximum absolute atomic E-state index is 6.40. The number of rotatable bonds is 4. The Hall–Kier alpha value is -7.82. The highest BCUT2D eigenvalue weighted by atomic mass is 16.3. The number of aromatic nitrogens is 2. The van der Waals surface area contributed by atoms with E-state index in [9.17, 15) is 0 Å². The molecular weight excluding hydrogens is 709 g/mol. The number of benzene rings is 10. The van der Waals surface area contributed by atoms with Crippen LogP contribution in [0.3, 0.4) is 0 Å². The molecule has 0 unspecified atom stereocenters. The maximum Gasteiger partial charge on any atom is 0.136 e. The van der Waals surface area contributed by atoms with E-state index in [4.69, 9.17) is 18.8 Å². The number of hydrogen-bond acceptors (Lipinski definition) is 4. The summed E-state index contributed by atoms with van der Waals surface area (Å²) < 4.78 is 12.8. The molecule has 0 aliphatic rings. The Morgan fingerprint density at radius 2 is 0.776 bits per heavy atom. The standard InChI is InChI=1S/C54H30N2O2/c1-2-10-31(11-3-1)53-54(56-46-15-7-6-14-45(46)55-53)44-28-34-20-21-35(32-18-22-39-37-12-4-8-16-47(37)57-49(39)29-32)41-26-27-42-36(24-25-43(44)52(42)51(34)41)33-19-23-40-38-13-5-9-17-48(38)58-50(40)30-33/h1-30H. The molecule has 0 bridgehead atoms. The summed E-state index contributed by atoms with van der Waals surface area (Å²) in [6, 6.07) is 64.3. The second-order valence-corrected chi connectivity index (χ2v) is 15.2. The Bertz CT molecular complexity index is 3800. The van der Waals surface area contributed by atoms with Crippen molar-refractivity contribution in [3.05, 3.63) is 182 Å². The van der Waals surface area contributed by atoms with E-state index >= 15 is 0 Å². The van der Waals surface area contributed by atoms with Crippen molar-refractivity contribution < 1.29 is 8.83 Å². The third-order valence-electron chi connectivity index (χ3n) is 12.0. The topological polar surface area (TPSA) is 52.1 Å². The average Bonchev–Trinajstić information content (AvgIpc) is 3.85. The summed E-state index contributed by atoms with van der Waals surface area (Å²) in [4.78, 5) is 10.7. The molecular formula is C54H30N2O2. The summed E-state index contributed by atoms with van der Waals surface area (Å²) in [7, 11) is 0. The lowest BCUT2D eigenvalue weighted by atomic mass is 9.84. The molecule has 13 aromatic rings. The van der Waals surface area contributed by atoms with Crippen LogP contribution in [0, 0.1) is 0 Å². The molecule has 0 N–H and O–H groups in total. The molecule has 3 heterocycles. The van der Waals surface area contributed by atoms with Crippen LogP contribution >= 0.6 is 0 Å². The molecule has 0 saturated heterocycles. The van der Waals surface area contributed by atoms with E-state index < -0.39 is 0 Å². The van der Waals surface area contributed by atoms with Gasteiger partial charge in [0.2, 0.25) is 0 Å². The van der Waals surface area contributed by atoms with Gasteiger partial charge >= 0.3 is 0 Å². The zero-order chi connectivity index (χ0) is 37.9. The summed E-state index contributed by atoms with van der Waals surface area (Å²) in [5.41, 5.74) is 13.7. The van der Waals surface area contributed by atoms with Gasteiger partial charge in [-0.3, -0.25) is 0 Å². The fraction of sp³-hybridized carbons (Fsp3) is 0. The minimum absolute atomic E-state index is 0.865. The van der Waals surface area contributed by atoms with E-state index in [1.165, 1.54) is 21.5 Å². The van der Waals surface area contributed by atoms with E-state index in [0.29, 0.717) is 0 Å². The van der Waals surface area contributed by atoms with E-state index in [1.54, 1.807) is 0 Å². The molecule has 0 radical (unpaired) electrons. The Labute approximate surface area is 331 Å². The fourth-order valence-electron chi connectivity index (χ4n) is 9.37. The molecule has 0 amide bonds. The molecule has 0 spiro atoms. The van der Waals surface area contributed by atoms with Crippen molar-refractivity contribution >= 4 is 87.2 Å². The van der Waals surface area contributed by atoms with Gasteiger partial charge in [0.25, 0.3) is 0 Å². The summed E-state index contributed by atoms with van der Waals surface area (Å²) in [5.74, 6) is 0. The molecule has 0 aliphatic heterocycles. The zero-order valence-electron chi connectivity index (χ0n) is 31.0. The first kappa shape index (κ1) is 31.4. The van der Waals surface area contributed by atoms with Gasteiger partial charge in [-0.05, 0) is 109 Å². The van der Waals surface area contributed by atoms with Crippen molar-refractivity contribution in [3.8, 4) is 44.8 Å². The average molecular weight is 739 g/mol. The van der Waals surface area contributed by atoms with E-state index in [2.05, 4.69) is 133 Å². The Kier molecular flexibility index (Phi) is 6.41. The van der Waals surface area contributed by atoms with E-state index in [1.807, 2.05) is 48.5 Å². The lowest BCUT2D eigenvalue weighted by Gasteiger charge is -2.20. The summed E-state index contributed by atoms with van der Waals surface area (Å²) in [6.45, 7) is 0. The minimum atomic E-state index is 0.865. The Morgan fingerprint density at radius 3 is 1.43 bits per heavy atom. The van der Waals surface area contributed by atoms with Crippen LogP contribution < -0.4 is 0 Å². The van der Waals surface area contributed by atoms with Gasteiger partial charge in [0.05, 0.1) is 22.4 Å². The molecule has 3 aromatic heterocycles. The molecule has 13 rings (SSSR count). The van der Waals surface area contributed by atoms with Crippen LogP contribution in [0.4, 0.5) is 0 Å². The largest absolute Gasteiger partial charge is 0.456 e. The molecule has 0 aliphatic carbocycles. The number of hydrogen-bond donors (Lipinski definition) is 0. The molecule has 10 aromatic carbocycles. The number of para-hydroxylation sites is 4. The second-order valence-electron chi connectivity index (χ2n) is 15.2. The van der Waals surface area contributed by atoms with Crippen LogP contribution in [0.25, 0.3) is 132 Å². The quantitative estimate of drug-likeness (QED) is 0.169. The zero-order valence-corrected chi connectivity index (χ0v) is 31.0. The predicted molar refractivity (Wildman–Crippen MR) is 240 cm³/mol. The van der Waals surface area contributed by atoms with Gasteiger partial charge in [0.1, 0.15) is 22.3 Å². The molecule has 0 fully saturated rings. The van der Waals surface area contributed by atoms with E-state index in [-0.39, 0.29) is 0 Å². The first-order chi connectivity index (χ1) is 28.7. The van der Waals surface area contributed by atoms with Gasteiger partial charge in [-0.25, -0.2) is 9.97 Å². The van der Waals surface area contributed by atoms with Crippen molar-refractivity contribution in [2.75, 3.05) is 0 Å². The molecule has 0 atom stereocenters. The summed E-state index contributed by atoms with van der Waals surface area (Å²) >= 11 is 0. The predicted octanol–water partition coefficient (Wildman–Crippen LogP) is 15.0. The Morgan fingerprint density at radius 1 is 0.293 bits per heavy atom. The van der Waals surface area contributed by atoms with Crippen LogP contribution in [0.5, 0.6) is 0 Å². The lowest BCUT2D eigenvalue weighted by Crippen LogP contribution is -1.98.